The molecule has 4 nitrogen and oxygen atoms in total. The number of ether oxygens (including phenoxy) is 1. The fourth-order valence-corrected chi connectivity index (χ4v) is 1.00. The summed E-state index contributed by atoms with van der Waals surface area (Å²) >= 11 is 0. The maximum atomic E-state index is 11.7. The maximum Gasteiger partial charge on any atom is 0.422 e. The minimum Gasteiger partial charge on any atom is -0.440 e. The number of aliphatic hydroxyl groups is 1. The minimum absolute atomic E-state index is 0.163. The van der Waals surface area contributed by atoms with Crippen LogP contribution in [0.15, 0.2) is 0 Å². The van der Waals surface area contributed by atoms with Gasteiger partial charge in [0.15, 0.2) is 6.61 Å². The maximum absolute atomic E-state index is 11.7. The lowest BCUT2D eigenvalue weighted by molar-refractivity contribution is -0.160. The van der Waals surface area contributed by atoms with E-state index in [1.54, 1.807) is 13.8 Å². The summed E-state index contributed by atoms with van der Waals surface area (Å²) in [7, 11) is 0. The van der Waals surface area contributed by atoms with Crippen LogP contribution in [0.3, 0.4) is 0 Å². The van der Waals surface area contributed by atoms with Crippen LogP contribution in [-0.2, 0) is 4.74 Å². The Balaban J connectivity index is 4.11. The first-order valence-electron chi connectivity index (χ1n) is 4.85. The quantitative estimate of drug-likeness (QED) is 0.774. The van der Waals surface area contributed by atoms with Crippen molar-refractivity contribution in [3.8, 4) is 0 Å². The topological polar surface area (TPSA) is 58.6 Å². The average molecular weight is 243 g/mol. The lowest BCUT2D eigenvalue weighted by Gasteiger charge is -2.28. The second kappa shape index (κ2) is 5.93. The van der Waals surface area contributed by atoms with E-state index in [2.05, 4.69) is 10.1 Å². The smallest absolute Gasteiger partial charge is 0.422 e. The van der Waals surface area contributed by atoms with Gasteiger partial charge in [0.2, 0.25) is 0 Å². The molecule has 0 aromatic carbocycles. The van der Waals surface area contributed by atoms with E-state index in [-0.39, 0.29) is 13.0 Å². The lowest BCUT2D eigenvalue weighted by Crippen LogP contribution is -2.47. The molecule has 0 aromatic heterocycles. The average Bonchev–Trinajstić information content (AvgIpc) is 2.14. The van der Waals surface area contributed by atoms with Gasteiger partial charge in [0.25, 0.3) is 0 Å². The lowest BCUT2D eigenvalue weighted by atomic mass is 9.95. The molecule has 0 aromatic rings. The first-order chi connectivity index (χ1) is 7.22. The Bertz CT molecular complexity index is 233. The second-order valence-electron chi connectivity index (χ2n) is 3.70. The Kier molecular flexibility index (Phi) is 5.57. The molecule has 0 aliphatic carbocycles. The Labute approximate surface area is 91.8 Å². The summed E-state index contributed by atoms with van der Waals surface area (Å²) in [5.41, 5.74) is -0.753. The van der Waals surface area contributed by atoms with Gasteiger partial charge >= 0.3 is 12.3 Å². The largest absolute Gasteiger partial charge is 0.440 e. The summed E-state index contributed by atoms with van der Waals surface area (Å²) in [6.07, 6.45) is -4.92. The molecular formula is C9H16F3NO3. The predicted octanol–water partition coefficient (Wildman–Crippen LogP) is 1.83. The molecule has 0 aliphatic heterocycles. The molecule has 0 heterocycles. The zero-order chi connectivity index (χ0) is 12.8. The monoisotopic (exact) mass is 243 g/mol. The molecule has 1 atom stereocenters. The third-order valence-corrected chi connectivity index (χ3v) is 2.21. The molecule has 0 fully saturated rings. The van der Waals surface area contributed by atoms with E-state index in [9.17, 15) is 18.0 Å². The van der Waals surface area contributed by atoms with E-state index in [1.807, 2.05) is 0 Å². The number of hydrogen-bond donors (Lipinski definition) is 2. The first kappa shape index (κ1) is 15.0. The summed E-state index contributed by atoms with van der Waals surface area (Å²) in [6, 6.07) is 0. The van der Waals surface area contributed by atoms with Gasteiger partial charge in [0.1, 0.15) is 0 Å². The molecule has 2 N–H and O–H groups in total. The van der Waals surface area contributed by atoms with Gasteiger partial charge in [-0.1, -0.05) is 6.92 Å². The van der Waals surface area contributed by atoms with Crippen LogP contribution in [0.5, 0.6) is 0 Å². The number of carbonyl (C=O) groups is 1. The van der Waals surface area contributed by atoms with Crippen LogP contribution in [0.4, 0.5) is 18.0 Å². The van der Waals surface area contributed by atoms with Crippen molar-refractivity contribution >= 4 is 6.09 Å². The van der Waals surface area contributed by atoms with Crippen molar-refractivity contribution < 1.29 is 27.8 Å². The molecular weight excluding hydrogens is 227 g/mol. The van der Waals surface area contributed by atoms with Gasteiger partial charge in [-0.2, -0.15) is 13.2 Å². The Morgan fingerprint density at radius 3 is 2.38 bits per heavy atom. The summed E-state index contributed by atoms with van der Waals surface area (Å²) in [5.74, 6) is 0. The minimum atomic E-state index is -4.53. The van der Waals surface area contributed by atoms with Crippen LogP contribution in [0.25, 0.3) is 0 Å². The third-order valence-electron chi connectivity index (χ3n) is 2.21. The molecule has 0 rings (SSSR count). The van der Waals surface area contributed by atoms with Crippen molar-refractivity contribution in [1.82, 2.24) is 5.32 Å². The number of halogens is 3. The van der Waals surface area contributed by atoms with Crippen molar-refractivity contribution in [1.29, 1.82) is 0 Å². The van der Waals surface area contributed by atoms with Crippen molar-refractivity contribution in [3.05, 3.63) is 0 Å². The zero-order valence-electron chi connectivity index (χ0n) is 9.23. The van der Waals surface area contributed by atoms with Gasteiger partial charge in [0, 0.05) is 12.1 Å². The molecule has 0 saturated heterocycles. The number of aliphatic hydroxyl groups excluding tert-OH is 1. The van der Waals surface area contributed by atoms with Gasteiger partial charge in [0.05, 0.1) is 0 Å². The van der Waals surface area contributed by atoms with Gasteiger partial charge in [-0.3, -0.25) is 0 Å². The highest BCUT2D eigenvalue weighted by Crippen LogP contribution is 2.16. The van der Waals surface area contributed by atoms with E-state index in [0.717, 1.165) is 0 Å². The number of alkyl carbamates (subject to hydrolysis) is 1. The highest BCUT2D eigenvalue weighted by Gasteiger charge is 2.31. The van der Waals surface area contributed by atoms with Crippen LogP contribution >= 0.6 is 0 Å². The summed E-state index contributed by atoms with van der Waals surface area (Å²) in [4.78, 5) is 11.0. The molecule has 7 heteroatoms. The van der Waals surface area contributed by atoms with Gasteiger partial charge in [-0.25, -0.2) is 4.79 Å². The third kappa shape index (κ3) is 6.49. The summed E-state index contributed by atoms with van der Waals surface area (Å²) in [5, 5.41) is 11.0. The first-order valence-corrected chi connectivity index (χ1v) is 4.85. The van der Waals surface area contributed by atoms with Crippen LogP contribution < -0.4 is 5.32 Å². The van der Waals surface area contributed by atoms with Crippen LogP contribution in [-0.4, -0.2) is 36.1 Å². The van der Waals surface area contributed by atoms with Gasteiger partial charge in [-0.05, 0) is 19.8 Å². The fourth-order valence-electron chi connectivity index (χ4n) is 1.00. The molecule has 0 radical (unpaired) electrons. The highest BCUT2D eigenvalue weighted by molar-refractivity contribution is 5.68. The van der Waals surface area contributed by atoms with E-state index >= 15 is 0 Å². The van der Waals surface area contributed by atoms with Crippen LogP contribution in [0.2, 0.25) is 0 Å². The second-order valence-corrected chi connectivity index (χ2v) is 3.70. The molecule has 0 bridgehead atoms. The molecule has 0 spiro atoms. The van der Waals surface area contributed by atoms with Crippen molar-refractivity contribution in [3.63, 3.8) is 0 Å². The van der Waals surface area contributed by atoms with Crippen LogP contribution in [0, 0.1) is 0 Å². The Morgan fingerprint density at radius 1 is 1.44 bits per heavy atom. The van der Waals surface area contributed by atoms with Gasteiger partial charge in [-0.15, -0.1) is 0 Å². The Morgan fingerprint density at radius 2 is 2.00 bits per heavy atom. The van der Waals surface area contributed by atoms with Gasteiger partial charge < -0.3 is 15.2 Å². The molecule has 1 unspecified atom stereocenters. The molecule has 96 valence electrons. The Hall–Kier alpha value is -0.980. The van der Waals surface area contributed by atoms with E-state index < -0.39 is 24.4 Å². The van der Waals surface area contributed by atoms with Crippen LogP contribution in [0.1, 0.15) is 26.7 Å². The number of rotatable bonds is 5. The molecule has 0 saturated carbocycles. The SMILES string of the molecule is CCC(C)(CCO)NC(=O)OCC(F)(F)F. The van der Waals surface area contributed by atoms with Crippen molar-refractivity contribution in [2.75, 3.05) is 13.2 Å². The number of hydrogen-bond acceptors (Lipinski definition) is 3. The fraction of sp³-hybridized carbons (Fsp3) is 0.889. The predicted molar refractivity (Wildman–Crippen MR) is 50.9 cm³/mol. The number of carbonyl (C=O) groups excluding carboxylic acids is 1. The van der Waals surface area contributed by atoms with Crippen molar-refractivity contribution in [2.24, 2.45) is 0 Å². The molecule has 0 aliphatic rings. The van der Waals surface area contributed by atoms with E-state index in [1.165, 1.54) is 0 Å². The normalized spacial score (nSPS) is 15.4. The van der Waals surface area contributed by atoms with E-state index in [4.69, 9.17) is 5.11 Å². The number of amides is 1. The summed E-state index contributed by atoms with van der Waals surface area (Å²) < 4.78 is 39.2. The molecule has 1 amide bonds. The highest BCUT2D eigenvalue weighted by atomic mass is 19.4. The standard InChI is InChI=1S/C9H16F3NO3/c1-3-8(2,4-5-14)13-7(15)16-6-9(10,11)12/h14H,3-6H2,1-2H3,(H,13,15). The van der Waals surface area contributed by atoms with Crippen molar-refractivity contribution in [2.45, 2.75) is 38.4 Å². The molecule has 16 heavy (non-hydrogen) atoms. The number of nitrogens with one attached hydrogen (secondary N) is 1. The zero-order valence-corrected chi connectivity index (χ0v) is 9.23. The summed E-state index contributed by atoms with van der Waals surface area (Å²) in [6.45, 7) is 1.60. The van der Waals surface area contributed by atoms with E-state index in [0.29, 0.717) is 6.42 Å². The number of alkyl halides is 3.